The lowest BCUT2D eigenvalue weighted by atomic mass is 10.2. The molecular formula is C5H9O5P. The van der Waals surface area contributed by atoms with Crippen molar-refractivity contribution in [3.63, 3.8) is 0 Å². The molecule has 3 aliphatic heterocycles. The lowest BCUT2D eigenvalue weighted by Crippen LogP contribution is -2.43. The molecule has 1 atom stereocenters. The van der Waals surface area contributed by atoms with E-state index in [0.29, 0.717) is 6.42 Å². The van der Waals surface area contributed by atoms with Crippen LogP contribution in [-0.4, -0.2) is 17.2 Å². The molecule has 11 heavy (non-hydrogen) atoms. The molecule has 0 aromatic carbocycles. The summed E-state index contributed by atoms with van der Waals surface area (Å²) in [5, 5.41) is 9.27. The third-order valence-corrected chi connectivity index (χ3v) is 3.18. The molecule has 1 N–H and O–H groups in total. The molecule has 64 valence electrons. The van der Waals surface area contributed by atoms with Crippen LogP contribution in [0.5, 0.6) is 0 Å². The summed E-state index contributed by atoms with van der Waals surface area (Å²) in [6.45, 7) is 1.93. The van der Waals surface area contributed by atoms with Gasteiger partial charge in [0.15, 0.2) is 6.10 Å². The van der Waals surface area contributed by atoms with Crippen molar-refractivity contribution in [2.75, 3.05) is 0 Å². The van der Waals surface area contributed by atoms with Crippen LogP contribution in [0.25, 0.3) is 0 Å². The molecule has 0 aromatic rings. The van der Waals surface area contributed by atoms with E-state index in [-0.39, 0.29) is 0 Å². The molecule has 5 nitrogen and oxygen atoms in total. The molecule has 3 saturated heterocycles. The zero-order valence-corrected chi connectivity index (χ0v) is 6.91. The third kappa shape index (κ3) is 0.965. The maximum atomic E-state index is 10.9. The quantitative estimate of drug-likeness (QED) is 0.642. The highest BCUT2D eigenvalue weighted by Gasteiger charge is 2.70. The highest BCUT2D eigenvalue weighted by Crippen LogP contribution is 2.73. The number of aliphatic hydroxyl groups is 1. The van der Waals surface area contributed by atoms with Gasteiger partial charge in [-0.15, -0.1) is 0 Å². The SMILES string of the molecule is CCCC1OP2(=O)OC1(O)O2. The van der Waals surface area contributed by atoms with E-state index in [2.05, 4.69) is 9.05 Å². The Kier molecular flexibility index (Phi) is 1.44. The molecule has 6 heteroatoms. The summed E-state index contributed by atoms with van der Waals surface area (Å²) in [5.74, 6) is -1.72. The van der Waals surface area contributed by atoms with E-state index in [1.54, 1.807) is 0 Å². The summed E-state index contributed by atoms with van der Waals surface area (Å²) in [7, 11) is -3.30. The second kappa shape index (κ2) is 2.06. The molecule has 3 fully saturated rings. The first-order chi connectivity index (χ1) is 5.08. The number of phosphoric ester groups is 1. The Hall–Kier alpha value is 0.0700. The van der Waals surface area contributed by atoms with E-state index in [0.717, 1.165) is 6.42 Å². The minimum Gasteiger partial charge on any atom is -0.341 e. The molecular weight excluding hydrogens is 171 g/mol. The van der Waals surface area contributed by atoms with Crippen LogP contribution < -0.4 is 0 Å². The molecule has 2 bridgehead atoms. The lowest BCUT2D eigenvalue weighted by molar-refractivity contribution is -0.324. The van der Waals surface area contributed by atoms with E-state index in [1.165, 1.54) is 0 Å². The maximum Gasteiger partial charge on any atom is 0.484 e. The van der Waals surface area contributed by atoms with E-state index < -0.39 is 19.9 Å². The predicted molar refractivity (Wildman–Crippen MR) is 34.5 cm³/mol. The first-order valence-electron chi connectivity index (χ1n) is 3.50. The molecule has 0 radical (unpaired) electrons. The fourth-order valence-electron chi connectivity index (χ4n) is 1.21. The summed E-state index contributed by atoms with van der Waals surface area (Å²) >= 11 is 0. The van der Waals surface area contributed by atoms with Crippen molar-refractivity contribution in [2.24, 2.45) is 0 Å². The highest BCUT2D eigenvalue weighted by atomic mass is 31.2. The molecule has 0 spiro atoms. The number of hydrogen-bond acceptors (Lipinski definition) is 5. The van der Waals surface area contributed by atoms with E-state index in [1.807, 2.05) is 6.92 Å². The molecule has 0 amide bonds. The van der Waals surface area contributed by atoms with Crippen molar-refractivity contribution in [3.8, 4) is 0 Å². The Morgan fingerprint density at radius 1 is 1.64 bits per heavy atom. The van der Waals surface area contributed by atoms with Crippen molar-refractivity contribution >= 4 is 7.82 Å². The molecule has 0 saturated carbocycles. The molecule has 0 aliphatic carbocycles. The summed E-state index contributed by atoms with van der Waals surface area (Å²) in [5.41, 5.74) is 0. The van der Waals surface area contributed by atoms with Gasteiger partial charge in [0.05, 0.1) is 0 Å². The number of phosphoric acid groups is 1. The van der Waals surface area contributed by atoms with Crippen molar-refractivity contribution in [2.45, 2.75) is 31.8 Å². The van der Waals surface area contributed by atoms with Gasteiger partial charge in [0.2, 0.25) is 0 Å². The summed E-state index contributed by atoms with van der Waals surface area (Å²) in [6.07, 6.45) is 0.818. The Labute approximate surface area is 63.9 Å². The highest BCUT2D eigenvalue weighted by molar-refractivity contribution is 7.50. The van der Waals surface area contributed by atoms with E-state index in [9.17, 15) is 9.67 Å². The number of hydrogen-bond donors (Lipinski definition) is 1. The first kappa shape index (κ1) is 7.71. The maximum absolute atomic E-state index is 10.9. The van der Waals surface area contributed by atoms with Crippen molar-refractivity contribution < 1.29 is 23.2 Å². The van der Waals surface area contributed by atoms with Crippen LogP contribution in [0, 0.1) is 0 Å². The first-order valence-corrected chi connectivity index (χ1v) is 4.96. The van der Waals surface area contributed by atoms with Crippen LogP contribution in [0.4, 0.5) is 0 Å². The third-order valence-electron chi connectivity index (χ3n) is 1.70. The number of rotatable bonds is 2. The van der Waals surface area contributed by atoms with Crippen LogP contribution >= 0.6 is 7.82 Å². The average Bonchev–Trinajstić information content (AvgIpc) is 2.16. The van der Waals surface area contributed by atoms with Crippen LogP contribution in [0.3, 0.4) is 0 Å². The van der Waals surface area contributed by atoms with Gasteiger partial charge in [0, 0.05) is 0 Å². The smallest absolute Gasteiger partial charge is 0.341 e. The summed E-state index contributed by atoms with van der Waals surface area (Å²) < 4.78 is 24.9. The van der Waals surface area contributed by atoms with Crippen LogP contribution in [0.1, 0.15) is 19.8 Å². The normalized spacial score (nSPS) is 54.2. The Balaban J connectivity index is 2.10. The van der Waals surface area contributed by atoms with Gasteiger partial charge in [-0.1, -0.05) is 13.3 Å². The Bertz CT molecular complexity index is 217. The predicted octanol–water partition coefficient (Wildman–Crippen LogP) is 0.986. The lowest BCUT2D eigenvalue weighted by Gasteiger charge is -2.29. The fraction of sp³-hybridized carbons (Fsp3) is 1.00. The standard InChI is InChI=1S/C5H9O5P/c1-2-3-4-5(6)9-11(7,8-4)10-5/h4,6H,2-3H2,1H3. The van der Waals surface area contributed by atoms with Crippen LogP contribution in [0.2, 0.25) is 0 Å². The summed E-state index contributed by atoms with van der Waals surface area (Å²) in [4.78, 5) is 0. The van der Waals surface area contributed by atoms with Crippen LogP contribution in [0.15, 0.2) is 0 Å². The minimum absolute atomic E-state index is 0.584. The molecule has 0 aromatic heterocycles. The van der Waals surface area contributed by atoms with Crippen molar-refractivity contribution in [1.29, 1.82) is 0 Å². The minimum atomic E-state index is -3.30. The van der Waals surface area contributed by atoms with E-state index >= 15 is 0 Å². The van der Waals surface area contributed by atoms with Gasteiger partial charge in [-0.3, -0.25) is 4.52 Å². The fourth-order valence-corrected chi connectivity index (χ4v) is 2.73. The van der Waals surface area contributed by atoms with E-state index in [4.69, 9.17) is 4.52 Å². The molecule has 3 heterocycles. The monoisotopic (exact) mass is 180 g/mol. The topological polar surface area (TPSA) is 65.0 Å². The average molecular weight is 180 g/mol. The van der Waals surface area contributed by atoms with Gasteiger partial charge >= 0.3 is 13.8 Å². The largest absolute Gasteiger partial charge is 0.484 e. The van der Waals surface area contributed by atoms with Gasteiger partial charge in [0.1, 0.15) is 0 Å². The van der Waals surface area contributed by atoms with Gasteiger partial charge in [0.25, 0.3) is 0 Å². The van der Waals surface area contributed by atoms with Crippen molar-refractivity contribution in [3.05, 3.63) is 0 Å². The van der Waals surface area contributed by atoms with Crippen LogP contribution in [-0.2, 0) is 18.1 Å². The van der Waals surface area contributed by atoms with Crippen molar-refractivity contribution in [1.82, 2.24) is 0 Å². The Morgan fingerprint density at radius 2 is 2.27 bits per heavy atom. The van der Waals surface area contributed by atoms with Gasteiger partial charge < -0.3 is 5.11 Å². The molecule has 1 unspecified atom stereocenters. The van der Waals surface area contributed by atoms with Gasteiger partial charge in [-0.05, 0) is 6.42 Å². The molecule has 3 aliphatic rings. The zero-order chi connectivity index (χ0) is 8.11. The second-order valence-electron chi connectivity index (χ2n) is 2.64. The Morgan fingerprint density at radius 3 is 2.64 bits per heavy atom. The zero-order valence-electron chi connectivity index (χ0n) is 6.02. The van der Waals surface area contributed by atoms with Gasteiger partial charge in [-0.2, -0.15) is 0 Å². The second-order valence-corrected chi connectivity index (χ2v) is 4.11. The number of fused-ring (bicyclic) bond motifs is 1. The summed E-state index contributed by atoms with van der Waals surface area (Å²) in [6, 6.07) is 0. The van der Waals surface area contributed by atoms with Gasteiger partial charge in [-0.25, -0.2) is 13.6 Å². The molecule has 3 rings (SSSR count).